The van der Waals surface area contributed by atoms with Gasteiger partial charge in [0.1, 0.15) is 0 Å². The lowest BCUT2D eigenvalue weighted by Gasteiger charge is -2.28. The van der Waals surface area contributed by atoms with Gasteiger partial charge in [0, 0.05) is 44.3 Å². The zero-order valence-corrected chi connectivity index (χ0v) is 12.2. The van der Waals surface area contributed by atoms with Crippen LogP contribution < -0.4 is 10.2 Å². The van der Waals surface area contributed by atoms with E-state index in [1.54, 1.807) is 0 Å². The van der Waals surface area contributed by atoms with Gasteiger partial charge in [-0.1, -0.05) is 12.1 Å². The van der Waals surface area contributed by atoms with Gasteiger partial charge in [-0.15, -0.1) is 0 Å². The summed E-state index contributed by atoms with van der Waals surface area (Å²) in [6, 6.07) is 10.8. The third-order valence-corrected chi connectivity index (χ3v) is 3.72. The van der Waals surface area contributed by atoms with Crippen LogP contribution >= 0.6 is 0 Å². The van der Waals surface area contributed by atoms with Crippen LogP contribution in [-0.2, 0) is 17.8 Å². The summed E-state index contributed by atoms with van der Waals surface area (Å²) in [6.45, 7) is 6.35. The molecule has 1 aliphatic heterocycles. The number of benzene rings is 1. The molecule has 21 heavy (non-hydrogen) atoms. The van der Waals surface area contributed by atoms with Gasteiger partial charge in [0.2, 0.25) is 0 Å². The van der Waals surface area contributed by atoms with E-state index in [9.17, 15) is 0 Å². The molecule has 1 aliphatic rings. The van der Waals surface area contributed by atoms with Gasteiger partial charge in [0.05, 0.1) is 19.8 Å². The van der Waals surface area contributed by atoms with Gasteiger partial charge in [-0.05, 0) is 23.8 Å². The number of nitrogens with one attached hydrogen (secondary N) is 1. The number of ether oxygens (including phenoxy) is 1. The Balaban J connectivity index is 1.43. The van der Waals surface area contributed by atoms with Crippen molar-refractivity contribution in [3.05, 3.63) is 48.3 Å². The number of hydrogen-bond acceptors (Lipinski definition) is 4. The highest BCUT2D eigenvalue weighted by atomic mass is 16.5. The van der Waals surface area contributed by atoms with Crippen molar-refractivity contribution in [1.29, 1.82) is 0 Å². The molecule has 2 heterocycles. The van der Waals surface area contributed by atoms with Crippen molar-refractivity contribution < 1.29 is 4.74 Å². The zero-order chi connectivity index (χ0) is 14.3. The van der Waals surface area contributed by atoms with Crippen LogP contribution in [0.3, 0.4) is 0 Å². The number of nitrogens with zero attached hydrogens (tertiary/aromatic N) is 3. The summed E-state index contributed by atoms with van der Waals surface area (Å²) in [7, 11) is 0. The Labute approximate surface area is 125 Å². The summed E-state index contributed by atoms with van der Waals surface area (Å²) in [5.41, 5.74) is 2.60. The predicted octanol–water partition coefficient (Wildman–Crippen LogP) is 1.51. The molecule has 1 N–H and O–H groups in total. The SMILES string of the molecule is c1cnn(CCNCc2ccc(N3CCOCC3)cc2)c1. The van der Waals surface area contributed by atoms with E-state index in [4.69, 9.17) is 4.74 Å². The molecule has 5 heteroatoms. The number of hydrogen-bond donors (Lipinski definition) is 1. The van der Waals surface area contributed by atoms with Crippen LogP contribution in [0.25, 0.3) is 0 Å². The first-order valence-corrected chi connectivity index (χ1v) is 7.51. The molecule has 1 aromatic heterocycles. The maximum atomic E-state index is 5.38. The van der Waals surface area contributed by atoms with Gasteiger partial charge in [-0.3, -0.25) is 4.68 Å². The fourth-order valence-corrected chi connectivity index (χ4v) is 2.51. The summed E-state index contributed by atoms with van der Waals surface area (Å²) in [4.78, 5) is 2.37. The van der Waals surface area contributed by atoms with Crippen molar-refractivity contribution in [2.24, 2.45) is 0 Å². The van der Waals surface area contributed by atoms with Crippen LogP contribution in [0, 0.1) is 0 Å². The fraction of sp³-hybridized carbons (Fsp3) is 0.438. The van der Waals surface area contributed by atoms with Crippen LogP contribution in [0.1, 0.15) is 5.56 Å². The predicted molar refractivity (Wildman–Crippen MR) is 83.4 cm³/mol. The van der Waals surface area contributed by atoms with E-state index in [2.05, 4.69) is 39.6 Å². The van der Waals surface area contributed by atoms with E-state index in [1.807, 2.05) is 23.1 Å². The summed E-state index contributed by atoms with van der Waals surface area (Å²) < 4.78 is 7.32. The second kappa shape index (κ2) is 7.24. The Hall–Kier alpha value is -1.85. The largest absolute Gasteiger partial charge is 0.378 e. The van der Waals surface area contributed by atoms with Crippen molar-refractivity contribution in [3.8, 4) is 0 Å². The zero-order valence-electron chi connectivity index (χ0n) is 12.2. The number of morpholine rings is 1. The standard InChI is InChI=1S/C16H22N4O/c1-6-18-20(8-1)9-7-17-14-15-2-4-16(5-3-15)19-10-12-21-13-11-19/h1-6,8,17H,7,9-14H2. The minimum absolute atomic E-state index is 0.830. The topological polar surface area (TPSA) is 42.3 Å². The minimum Gasteiger partial charge on any atom is -0.378 e. The normalized spacial score (nSPS) is 15.3. The molecule has 0 unspecified atom stereocenters. The van der Waals surface area contributed by atoms with E-state index >= 15 is 0 Å². The fourth-order valence-electron chi connectivity index (χ4n) is 2.51. The Bertz CT molecular complexity index is 518. The summed E-state index contributed by atoms with van der Waals surface area (Å²) >= 11 is 0. The van der Waals surface area contributed by atoms with E-state index in [1.165, 1.54) is 11.3 Å². The highest BCUT2D eigenvalue weighted by molar-refractivity contribution is 5.47. The number of anilines is 1. The third-order valence-electron chi connectivity index (χ3n) is 3.72. The van der Waals surface area contributed by atoms with Gasteiger partial charge in [0.25, 0.3) is 0 Å². The molecule has 0 amide bonds. The Morgan fingerprint density at radius 2 is 1.95 bits per heavy atom. The van der Waals surface area contributed by atoms with Crippen LogP contribution in [-0.4, -0.2) is 42.6 Å². The smallest absolute Gasteiger partial charge is 0.0642 e. The van der Waals surface area contributed by atoms with Crippen LogP contribution in [0.15, 0.2) is 42.7 Å². The van der Waals surface area contributed by atoms with Crippen LogP contribution in [0.2, 0.25) is 0 Å². The van der Waals surface area contributed by atoms with Crippen molar-refractivity contribution in [3.63, 3.8) is 0 Å². The summed E-state index contributed by atoms with van der Waals surface area (Å²) in [5, 5.41) is 7.63. The van der Waals surface area contributed by atoms with Gasteiger partial charge in [-0.2, -0.15) is 5.10 Å². The highest BCUT2D eigenvalue weighted by Gasteiger charge is 2.10. The Kier molecular flexibility index (Phi) is 4.86. The molecule has 0 bridgehead atoms. The molecule has 0 radical (unpaired) electrons. The highest BCUT2D eigenvalue weighted by Crippen LogP contribution is 2.16. The first kappa shape index (κ1) is 14.1. The van der Waals surface area contributed by atoms with E-state index < -0.39 is 0 Å². The molecule has 0 saturated carbocycles. The molecular weight excluding hydrogens is 264 g/mol. The Morgan fingerprint density at radius 3 is 2.67 bits per heavy atom. The molecule has 3 rings (SSSR count). The van der Waals surface area contributed by atoms with Crippen LogP contribution in [0.4, 0.5) is 5.69 Å². The van der Waals surface area contributed by atoms with Crippen LogP contribution in [0.5, 0.6) is 0 Å². The Morgan fingerprint density at radius 1 is 1.14 bits per heavy atom. The first-order chi connectivity index (χ1) is 10.4. The molecule has 0 aliphatic carbocycles. The second-order valence-electron chi connectivity index (χ2n) is 5.21. The lowest BCUT2D eigenvalue weighted by Crippen LogP contribution is -2.36. The molecular formula is C16H22N4O. The molecule has 0 spiro atoms. The lowest BCUT2D eigenvalue weighted by atomic mass is 10.2. The van der Waals surface area contributed by atoms with E-state index in [-0.39, 0.29) is 0 Å². The molecule has 2 aromatic rings. The quantitative estimate of drug-likeness (QED) is 0.817. The van der Waals surface area contributed by atoms with Gasteiger partial charge < -0.3 is 15.0 Å². The van der Waals surface area contributed by atoms with Gasteiger partial charge in [-0.25, -0.2) is 0 Å². The molecule has 1 aromatic carbocycles. The van der Waals surface area contributed by atoms with E-state index in [0.717, 1.165) is 45.9 Å². The molecule has 1 fully saturated rings. The average Bonchev–Trinajstić information content (AvgIpc) is 3.06. The maximum absolute atomic E-state index is 5.38. The second-order valence-corrected chi connectivity index (χ2v) is 5.21. The van der Waals surface area contributed by atoms with Crippen molar-refractivity contribution in [2.45, 2.75) is 13.1 Å². The summed E-state index contributed by atoms with van der Waals surface area (Å²) in [5.74, 6) is 0. The van der Waals surface area contributed by atoms with E-state index in [0.29, 0.717) is 0 Å². The molecule has 112 valence electrons. The molecule has 0 atom stereocenters. The van der Waals surface area contributed by atoms with Gasteiger partial charge >= 0.3 is 0 Å². The summed E-state index contributed by atoms with van der Waals surface area (Å²) in [6.07, 6.45) is 3.79. The number of aromatic nitrogens is 2. The minimum atomic E-state index is 0.830. The average molecular weight is 286 g/mol. The first-order valence-electron chi connectivity index (χ1n) is 7.51. The van der Waals surface area contributed by atoms with Gasteiger partial charge in [0.15, 0.2) is 0 Å². The lowest BCUT2D eigenvalue weighted by molar-refractivity contribution is 0.122. The monoisotopic (exact) mass is 286 g/mol. The van der Waals surface area contributed by atoms with Crippen molar-refractivity contribution in [1.82, 2.24) is 15.1 Å². The molecule has 1 saturated heterocycles. The number of rotatable bonds is 6. The van der Waals surface area contributed by atoms with Crippen molar-refractivity contribution in [2.75, 3.05) is 37.7 Å². The van der Waals surface area contributed by atoms with Crippen molar-refractivity contribution >= 4 is 5.69 Å². The maximum Gasteiger partial charge on any atom is 0.0642 e. The molecule has 5 nitrogen and oxygen atoms in total. The third kappa shape index (κ3) is 4.06.